The van der Waals surface area contributed by atoms with Crippen molar-refractivity contribution >= 4 is 11.9 Å². The van der Waals surface area contributed by atoms with Gasteiger partial charge in [0, 0.05) is 0 Å². The van der Waals surface area contributed by atoms with Gasteiger partial charge in [-0.05, 0) is 29.9 Å². The molecule has 4 nitrogen and oxygen atoms in total. The molecule has 0 aliphatic heterocycles. The molecular formula is C13H14O4. The molecule has 1 atom stereocenters. The highest BCUT2D eigenvalue weighted by Gasteiger charge is 2.25. The Labute approximate surface area is 98.9 Å². The van der Waals surface area contributed by atoms with Crippen LogP contribution in [-0.2, 0) is 9.59 Å². The van der Waals surface area contributed by atoms with E-state index in [1.807, 2.05) is 12.1 Å². The predicted octanol–water partition coefficient (Wildman–Crippen LogP) is 2.21. The Bertz CT molecular complexity index is 431. The van der Waals surface area contributed by atoms with E-state index in [0.29, 0.717) is 11.5 Å². The lowest BCUT2D eigenvalue weighted by Gasteiger charge is -2.10. The average molecular weight is 234 g/mol. The zero-order chi connectivity index (χ0) is 12.4. The van der Waals surface area contributed by atoms with Gasteiger partial charge in [-0.25, -0.2) is 0 Å². The van der Waals surface area contributed by atoms with Gasteiger partial charge in [0.15, 0.2) is 0 Å². The summed E-state index contributed by atoms with van der Waals surface area (Å²) in [6.45, 7) is 0. The van der Waals surface area contributed by atoms with Crippen LogP contribution < -0.4 is 0 Å². The summed E-state index contributed by atoms with van der Waals surface area (Å²) in [5.74, 6) is -2.53. The summed E-state index contributed by atoms with van der Waals surface area (Å²) in [6, 6.07) is 7.28. The molecule has 0 radical (unpaired) electrons. The molecule has 0 amide bonds. The Kier molecular flexibility index (Phi) is 3.13. The van der Waals surface area contributed by atoms with Gasteiger partial charge in [0.2, 0.25) is 0 Å². The molecule has 1 aliphatic rings. The van der Waals surface area contributed by atoms with Crippen LogP contribution in [0.3, 0.4) is 0 Å². The fraction of sp³-hybridized carbons (Fsp3) is 0.385. The Morgan fingerprint density at radius 2 is 1.76 bits per heavy atom. The summed E-state index contributed by atoms with van der Waals surface area (Å²) in [5.41, 5.74) is 1.78. The monoisotopic (exact) mass is 234 g/mol. The van der Waals surface area contributed by atoms with Crippen molar-refractivity contribution in [3.05, 3.63) is 35.4 Å². The van der Waals surface area contributed by atoms with E-state index in [4.69, 9.17) is 10.2 Å². The van der Waals surface area contributed by atoms with Gasteiger partial charge in [0.05, 0.1) is 12.3 Å². The third-order valence-electron chi connectivity index (χ3n) is 3.06. The molecule has 1 aromatic rings. The highest BCUT2D eigenvalue weighted by molar-refractivity contribution is 5.82. The van der Waals surface area contributed by atoms with E-state index in [1.54, 1.807) is 12.1 Å². The van der Waals surface area contributed by atoms with Crippen LogP contribution in [0.25, 0.3) is 0 Å². The molecular weight excluding hydrogens is 220 g/mol. The first kappa shape index (κ1) is 11.6. The molecule has 1 aromatic carbocycles. The number of carbonyl (C=O) groups is 2. The van der Waals surface area contributed by atoms with Crippen LogP contribution in [0.5, 0.6) is 0 Å². The van der Waals surface area contributed by atoms with Crippen LogP contribution in [0.2, 0.25) is 0 Å². The van der Waals surface area contributed by atoms with E-state index in [9.17, 15) is 9.59 Å². The zero-order valence-electron chi connectivity index (χ0n) is 9.30. The average Bonchev–Trinajstić information content (AvgIpc) is 3.09. The number of hydrogen-bond acceptors (Lipinski definition) is 2. The minimum atomic E-state index is -1.09. The molecule has 2 rings (SSSR count). The Hall–Kier alpha value is -1.84. The van der Waals surface area contributed by atoms with E-state index >= 15 is 0 Å². The van der Waals surface area contributed by atoms with Crippen molar-refractivity contribution in [1.82, 2.24) is 0 Å². The van der Waals surface area contributed by atoms with Gasteiger partial charge in [-0.3, -0.25) is 9.59 Å². The van der Waals surface area contributed by atoms with Crippen LogP contribution in [0, 0.1) is 0 Å². The minimum absolute atomic E-state index is 0.377. The minimum Gasteiger partial charge on any atom is -0.481 e. The molecule has 0 bridgehead atoms. The zero-order valence-corrected chi connectivity index (χ0v) is 9.30. The highest BCUT2D eigenvalue weighted by atomic mass is 16.4. The first-order valence-corrected chi connectivity index (χ1v) is 5.62. The smallest absolute Gasteiger partial charge is 0.311 e. The van der Waals surface area contributed by atoms with Crippen molar-refractivity contribution in [1.29, 1.82) is 0 Å². The molecule has 0 aromatic heterocycles. The van der Waals surface area contributed by atoms with Crippen LogP contribution in [0.15, 0.2) is 24.3 Å². The van der Waals surface area contributed by atoms with Gasteiger partial charge in [-0.1, -0.05) is 24.3 Å². The number of carboxylic acid groups (broad SMARTS) is 2. The molecule has 0 spiro atoms. The quantitative estimate of drug-likeness (QED) is 0.819. The Morgan fingerprint density at radius 3 is 2.18 bits per heavy atom. The summed E-state index contributed by atoms with van der Waals surface area (Å²) in [6.07, 6.45) is 2.01. The SMILES string of the molecule is O=C(O)C[C@H](C(=O)O)c1ccc(C2CC2)cc1. The second-order valence-electron chi connectivity index (χ2n) is 4.43. The normalized spacial score (nSPS) is 16.5. The molecule has 0 saturated heterocycles. The third-order valence-corrected chi connectivity index (χ3v) is 3.06. The van der Waals surface area contributed by atoms with E-state index < -0.39 is 17.9 Å². The number of aliphatic carboxylic acids is 2. The molecule has 1 saturated carbocycles. The van der Waals surface area contributed by atoms with E-state index in [2.05, 4.69) is 0 Å². The molecule has 4 heteroatoms. The molecule has 17 heavy (non-hydrogen) atoms. The first-order valence-electron chi connectivity index (χ1n) is 5.62. The lowest BCUT2D eigenvalue weighted by molar-refractivity contribution is -0.145. The summed E-state index contributed by atoms with van der Waals surface area (Å²) in [7, 11) is 0. The molecule has 0 unspecified atom stereocenters. The predicted molar refractivity (Wildman–Crippen MR) is 61.0 cm³/mol. The largest absolute Gasteiger partial charge is 0.481 e. The Morgan fingerprint density at radius 1 is 1.18 bits per heavy atom. The van der Waals surface area contributed by atoms with Gasteiger partial charge in [-0.15, -0.1) is 0 Å². The topological polar surface area (TPSA) is 74.6 Å². The summed E-state index contributed by atoms with van der Waals surface area (Å²) >= 11 is 0. The van der Waals surface area contributed by atoms with Crippen molar-refractivity contribution in [2.24, 2.45) is 0 Å². The molecule has 90 valence electrons. The summed E-state index contributed by atoms with van der Waals surface area (Å²) < 4.78 is 0. The van der Waals surface area contributed by atoms with Gasteiger partial charge < -0.3 is 10.2 Å². The molecule has 1 fully saturated rings. The standard InChI is InChI=1S/C13H14O4/c14-12(15)7-11(13(16)17)10-5-3-9(4-6-10)8-1-2-8/h3-6,8,11H,1-2,7H2,(H,14,15)(H,16,17)/t11-/m0/s1. The van der Waals surface area contributed by atoms with E-state index in [0.717, 1.165) is 0 Å². The van der Waals surface area contributed by atoms with Crippen molar-refractivity contribution in [2.75, 3.05) is 0 Å². The maximum absolute atomic E-state index is 11.0. The number of benzene rings is 1. The molecule has 0 heterocycles. The number of hydrogen-bond donors (Lipinski definition) is 2. The van der Waals surface area contributed by atoms with E-state index in [-0.39, 0.29) is 6.42 Å². The van der Waals surface area contributed by atoms with Gasteiger partial charge >= 0.3 is 11.9 Å². The van der Waals surface area contributed by atoms with Gasteiger partial charge in [0.25, 0.3) is 0 Å². The van der Waals surface area contributed by atoms with Gasteiger partial charge in [-0.2, -0.15) is 0 Å². The Balaban J connectivity index is 2.17. The number of carboxylic acids is 2. The maximum atomic E-state index is 11.0. The van der Waals surface area contributed by atoms with Crippen LogP contribution in [-0.4, -0.2) is 22.2 Å². The number of rotatable bonds is 5. The lowest BCUT2D eigenvalue weighted by Crippen LogP contribution is -2.15. The van der Waals surface area contributed by atoms with Crippen molar-refractivity contribution in [3.63, 3.8) is 0 Å². The molecule has 2 N–H and O–H groups in total. The lowest BCUT2D eigenvalue weighted by atomic mass is 9.94. The van der Waals surface area contributed by atoms with Crippen molar-refractivity contribution < 1.29 is 19.8 Å². The van der Waals surface area contributed by atoms with Crippen LogP contribution >= 0.6 is 0 Å². The fourth-order valence-corrected chi connectivity index (χ4v) is 1.94. The van der Waals surface area contributed by atoms with Crippen LogP contribution in [0.4, 0.5) is 0 Å². The first-order chi connectivity index (χ1) is 8.08. The maximum Gasteiger partial charge on any atom is 0.311 e. The van der Waals surface area contributed by atoms with Crippen LogP contribution in [0.1, 0.15) is 42.2 Å². The third kappa shape index (κ3) is 2.84. The van der Waals surface area contributed by atoms with Crippen molar-refractivity contribution in [2.45, 2.75) is 31.1 Å². The fourth-order valence-electron chi connectivity index (χ4n) is 1.94. The second-order valence-corrected chi connectivity index (χ2v) is 4.43. The highest BCUT2D eigenvalue weighted by Crippen LogP contribution is 2.40. The second kappa shape index (κ2) is 4.57. The van der Waals surface area contributed by atoms with Gasteiger partial charge in [0.1, 0.15) is 0 Å². The van der Waals surface area contributed by atoms with Crippen molar-refractivity contribution in [3.8, 4) is 0 Å². The summed E-state index contributed by atoms with van der Waals surface area (Å²) in [5, 5.41) is 17.7. The summed E-state index contributed by atoms with van der Waals surface area (Å²) in [4.78, 5) is 21.6. The van der Waals surface area contributed by atoms with E-state index in [1.165, 1.54) is 18.4 Å². The molecule has 1 aliphatic carbocycles.